The highest BCUT2D eigenvalue weighted by atomic mass is 79.9. The Morgan fingerprint density at radius 2 is 2.05 bits per heavy atom. The number of thioether (sulfide) groups is 1. The molecule has 1 atom stereocenters. The SMILES string of the molecule is OC(CSc1cccc(Cl)c1)c1cc(F)ccc1Br. The van der Waals surface area contributed by atoms with Crippen molar-refractivity contribution in [3.8, 4) is 0 Å². The molecular weight excluding hydrogens is 351 g/mol. The summed E-state index contributed by atoms with van der Waals surface area (Å²) < 4.78 is 13.9. The zero-order chi connectivity index (χ0) is 13.8. The van der Waals surface area contributed by atoms with E-state index in [-0.39, 0.29) is 5.82 Å². The fourth-order valence-electron chi connectivity index (χ4n) is 1.59. The van der Waals surface area contributed by atoms with Gasteiger partial charge in [0.05, 0.1) is 6.10 Å². The normalized spacial score (nSPS) is 12.4. The van der Waals surface area contributed by atoms with Crippen LogP contribution in [0.2, 0.25) is 5.02 Å². The first-order valence-electron chi connectivity index (χ1n) is 5.57. The van der Waals surface area contributed by atoms with Crippen molar-refractivity contribution in [2.45, 2.75) is 11.0 Å². The molecule has 0 heterocycles. The first kappa shape index (κ1) is 14.9. The summed E-state index contributed by atoms with van der Waals surface area (Å²) in [5.41, 5.74) is 0.550. The van der Waals surface area contributed by atoms with Crippen LogP contribution in [-0.4, -0.2) is 10.9 Å². The molecule has 0 spiro atoms. The fraction of sp³-hybridized carbons (Fsp3) is 0.143. The van der Waals surface area contributed by atoms with Gasteiger partial charge in [-0.2, -0.15) is 0 Å². The number of rotatable bonds is 4. The smallest absolute Gasteiger partial charge is 0.123 e. The van der Waals surface area contributed by atoms with E-state index in [4.69, 9.17) is 11.6 Å². The molecule has 0 bridgehead atoms. The van der Waals surface area contributed by atoms with Gasteiger partial charge in [-0.25, -0.2) is 4.39 Å². The highest BCUT2D eigenvalue weighted by Crippen LogP contribution is 2.30. The molecule has 0 aliphatic carbocycles. The lowest BCUT2D eigenvalue weighted by molar-refractivity contribution is 0.203. The minimum atomic E-state index is -0.742. The fourth-order valence-corrected chi connectivity index (χ4v) is 3.27. The van der Waals surface area contributed by atoms with E-state index in [0.717, 1.165) is 4.90 Å². The molecule has 1 nitrogen and oxygen atoms in total. The van der Waals surface area contributed by atoms with Gasteiger partial charge < -0.3 is 5.11 Å². The van der Waals surface area contributed by atoms with Gasteiger partial charge in [-0.1, -0.05) is 33.6 Å². The Hall–Kier alpha value is -0.550. The van der Waals surface area contributed by atoms with Crippen molar-refractivity contribution in [2.75, 3.05) is 5.75 Å². The number of aliphatic hydroxyl groups is 1. The van der Waals surface area contributed by atoms with E-state index < -0.39 is 6.10 Å². The third-order valence-electron chi connectivity index (χ3n) is 2.52. The molecule has 2 aromatic rings. The van der Waals surface area contributed by atoms with Crippen molar-refractivity contribution in [1.29, 1.82) is 0 Å². The number of halogens is 3. The van der Waals surface area contributed by atoms with Gasteiger partial charge in [0.2, 0.25) is 0 Å². The van der Waals surface area contributed by atoms with Crippen LogP contribution in [0.25, 0.3) is 0 Å². The first-order valence-corrected chi connectivity index (χ1v) is 7.73. The van der Waals surface area contributed by atoms with Crippen LogP contribution in [0.5, 0.6) is 0 Å². The van der Waals surface area contributed by atoms with Crippen molar-refractivity contribution in [3.63, 3.8) is 0 Å². The average molecular weight is 362 g/mol. The lowest BCUT2D eigenvalue weighted by atomic mass is 10.1. The van der Waals surface area contributed by atoms with Gasteiger partial charge in [0, 0.05) is 20.1 Å². The summed E-state index contributed by atoms with van der Waals surface area (Å²) >= 11 is 10.7. The van der Waals surface area contributed by atoms with Crippen molar-refractivity contribution in [3.05, 3.63) is 63.3 Å². The van der Waals surface area contributed by atoms with Crippen LogP contribution >= 0.6 is 39.3 Å². The van der Waals surface area contributed by atoms with Gasteiger partial charge in [-0.3, -0.25) is 0 Å². The van der Waals surface area contributed by atoms with Crippen molar-refractivity contribution < 1.29 is 9.50 Å². The monoisotopic (exact) mass is 360 g/mol. The largest absolute Gasteiger partial charge is 0.387 e. The van der Waals surface area contributed by atoms with Gasteiger partial charge >= 0.3 is 0 Å². The number of aliphatic hydroxyl groups excluding tert-OH is 1. The second-order valence-corrected chi connectivity index (χ2v) is 6.33. The second kappa shape index (κ2) is 6.75. The summed E-state index contributed by atoms with van der Waals surface area (Å²) in [6.45, 7) is 0. The molecule has 2 aromatic carbocycles. The Kier molecular flexibility index (Phi) is 5.28. The number of hydrogen-bond donors (Lipinski definition) is 1. The maximum absolute atomic E-state index is 13.2. The predicted octanol–water partition coefficient (Wildman–Crippen LogP) is 5.07. The Balaban J connectivity index is 2.05. The highest BCUT2D eigenvalue weighted by molar-refractivity contribution is 9.10. The molecule has 0 aliphatic heterocycles. The molecular formula is C14H11BrClFOS. The summed E-state index contributed by atoms with van der Waals surface area (Å²) in [7, 11) is 0. The third kappa shape index (κ3) is 4.21. The molecule has 100 valence electrons. The van der Waals surface area contributed by atoms with E-state index in [2.05, 4.69) is 15.9 Å². The summed E-state index contributed by atoms with van der Waals surface area (Å²) in [4.78, 5) is 0.971. The Bertz CT molecular complexity index is 579. The van der Waals surface area contributed by atoms with Crippen LogP contribution in [-0.2, 0) is 0 Å². The Morgan fingerprint density at radius 1 is 1.26 bits per heavy atom. The Labute approximate surface area is 128 Å². The predicted molar refractivity (Wildman–Crippen MR) is 81.2 cm³/mol. The van der Waals surface area contributed by atoms with E-state index >= 15 is 0 Å². The molecule has 5 heteroatoms. The van der Waals surface area contributed by atoms with Crippen LogP contribution in [0.4, 0.5) is 4.39 Å². The molecule has 2 rings (SSSR count). The van der Waals surface area contributed by atoms with Crippen LogP contribution in [0, 0.1) is 5.82 Å². The van der Waals surface area contributed by atoms with E-state index in [1.807, 2.05) is 18.2 Å². The van der Waals surface area contributed by atoms with Gasteiger partial charge in [-0.15, -0.1) is 11.8 Å². The second-order valence-electron chi connectivity index (χ2n) is 3.95. The van der Waals surface area contributed by atoms with E-state index in [1.165, 1.54) is 23.9 Å². The highest BCUT2D eigenvalue weighted by Gasteiger charge is 2.13. The molecule has 0 aromatic heterocycles. The maximum Gasteiger partial charge on any atom is 0.123 e. The molecule has 19 heavy (non-hydrogen) atoms. The molecule has 0 aliphatic rings. The van der Waals surface area contributed by atoms with Gasteiger partial charge in [0.25, 0.3) is 0 Å². The minimum Gasteiger partial charge on any atom is -0.387 e. The van der Waals surface area contributed by atoms with E-state index in [1.54, 1.807) is 12.1 Å². The van der Waals surface area contributed by atoms with Crippen LogP contribution in [0.15, 0.2) is 51.8 Å². The third-order valence-corrected chi connectivity index (χ3v) is 4.55. The molecule has 0 saturated heterocycles. The lowest BCUT2D eigenvalue weighted by Gasteiger charge is -2.12. The van der Waals surface area contributed by atoms with Crippen molar-refractivity contribution >= 4 is 39.3 Å². The average Bonchev–Trinajstić information content (AvgIpc) is 2.39. The minimum absolute atomic E-state index is 0.356. The zero-order valence-electron chi connectivity index (χ0n) is 9.82. The van der Waals surface area contributed by atoms with Gasteiger partial charge in [0.15, 0.2) is 0 Å². The first-order chi connectivity index (χ1) is 9.06. The Morgan fingerprint density at radius 3 is 2.79 bits per heavy atom. The van der Waals surface area contributed by atoms with E-state index in [9.17, 15) is 9.50 Å². The molecule has 1 N–H and O–H groups in total. The standard InChI is InChI=1S/C14H11BrClFOS/c15-13-5-4-10(17)7-12(13)14(18)8-19-11-3-1-2-9(16)6-11/h1-7,14,18H,8H2. The van der Waals surface area contributed by atoms with Crippen LogP contribution in [0.1, 0.15) is 11.7 Å². The van der Waals surface area contributed by atoms with Crippen LogP contribution in [0.3, 0.4) is 0 Å². The summed E-state index contributed by atoms with van der Waals surface area (Å²) in [6.07, 6.45) is -0.742. The maximum atomic E-state index is 13.2. The van der Waals surface area contributed by atoms with Crippen molar-refractivity contribution in [2.24, 2.45) is 0 Å². The molecule has 0 saturated carbocycles. The molecule has 0 amide bonds. The van der Waals surface area contributed by atoms with Gasteiger partial charge in [-0.05, 0) is 42.0 Å². The number of hydrogen-bond acceptors (Lipinski definition) is 2. The van der Waals surface area contributed by atoms with Crippen LogP contribution < -0.4 is 0 Å². The summed E-state index contributed by atoms with van der Waals surface area (Å²) in [5, 5.41) is 10.8. The molecule has 0 fully saturated rings. The number of benzene rings is 2. The summed E-state index contributed by atoms with van der Waals surface area (Å²) in [5.74, 6) is 0.0765. The quantitative estimate of drug-likeness (QED) is 0.767. The van der Waals surface area contributed by atoms with Gasteiger partial charge in [0.1, 0.15) is 5.82 Å². The zero-order valence-corrected chi connectivity index (χ0v) is 13.0. The van der Waals surface area contributed by atoms with Crippen molar-refractivity contribution in [1.82, 2.24) is 0 Å². The molecule has 1 unspecified atom stereocenters. The van der Waals surface area contributed by atoms with E-state index in [0.29, 0.717) is 20.8 Å². The lowest BCUT2D eigenvalue weighted by Crippen LogP contribution is -2.02. The topological polar surface area (TPSA) is 20.2 Å². The summed E-state index contributed by atoms with van der Waals surface area (Å²) in [6, 6.07) is 11.7. The molecule has 0 radical (unpaired) electrons.